The Kier molecular flexibility index (Phi) is 5.03. The average molecular weight is 459 g/mol. The molecule has 0 aliphatic rings. The first kappa shape index (κ1) is 20.9. The molecule has 170 valence electrons. The Morgan fingerprint density at radius 1 is 0.306 bits per heavy atom. The molecule has 0 nitrogen and oxygen atoms in total. The summed E-state index contributed by atoms with van der Waals surface area (Å²) in [5.74, 6) is 0. The topological polar surface area (TPSA) is 0 Å². The van der Waals surface area contributed by atoms with Crippen LogP contribution in [0, 0.1) is 0 Å². The number of hydrogen-bond donors (Lipinski definition) is 0. The molecule has 0 aliphatic heterocycles. The van der Waals surface area contributed by atoms with Gasteiger partial charge in [0, 0.05) is 0 Å². The van der Waals surface area contributed by atoms with Gasteiger partial charge in [-0.05, 0) is 78.2 Å². The van der Waals surface area contributed by atoms with E-state index in [0.29, 0.717) is 0 Å². The van der Waals surface area contributed by atoms with Gasteiger partial charge < -0.3 is 0 Å². The van der Waals surface area contributed by atoms with Gasteiger partial charge in [0.1, 0.15) is 0 Å². The number of benzene rings is 7. The number of hydrogen-bond acceptors (Lipinski definition) is 0. The van der Waals surface area contributed by atoms with Crippen molar-refractivity contribution in [3.63, 3.8) is 0 Å². The molecule has 0 spiro atoms. The van der Waals surface area contributed by atoms with Crippen LogP contribution in [0.4, 0.5) is 0 Å². The molecule has 7 aromatic carbocycles. The van der Waals surface area contributed by atoms with Crippen LogP contribution in [0.5, 0.6) is 0 Å². The number of fused-ring (bicyclic) bond motifs is 6. The van der Waals surface area contributed by atoms with Crippen LogP contribution in [0.2, 0.25) is 0 Å². The Bertz CT molecular complexity index is 1720. The van der Waals surface area contributed by atoms with Crippen molar-refractivity contribution < 1.29 is 0 Å². The Hall–Kier alpha value is -4.42. The normalized spacial score (nSPS) is 11.6. The Labute approximate surface area is 211 Å². The minimum absolute atomic E-state index is 0.909. The molecule has 0 atom stereocenters. The third-order valence-corrected chi connectivity index (χ3v) is 7.56. The maximum atomic E-state index is 2.37. The van der Waals surface area contributed by atoms with Crippen molar-refractivity contribution in [2.45, 2.75) is 12.8 Å². The van der Waals surface area contributed by atoms with Gasteiger partial charge in [0.2, 0.25) is 0 Å². The van der Waals surface area contributed by atoms with E-state index in [1.165, 1.54) is 65.3 Å². The molecule has 0 saturated carbocycles. The SMILES string of the molecule is c1ccc(Cc2c3ccc4ccccc4c3c(Cc3ccccc3)c3ccc4ccccc4c23)cc1. The van der Waals surface area contributed by atoms with Crippen LogP contribution >= 0.6 is 0 Å². The lowest BCUT2D eigenvalue weighted by atomic mass is 9.83. The van der Waals surface area contributed by atoms with Crippen molar-refractivity contribution in [2.24, 2.45) is 0 Å². The van der Waals surface area contributed by atoms with Crippen LogP contribution in [0.1, 0.15) is 22.3 Å². The summed E-state index contributed by atoms with van der Waals surface area (Å²) in [6.07, 6.45) is 1.82. The predicted molar refractivity (Wildman–Crippen MR) is 155 cm³/mol. The quantitative estimate of drug-likeness (QED) is 0.182. The summed E-state index contributed by atoms with van der Waals surface area (Å²) in [4.78, 5) is 0. The molecule has 0 bridgehead atoms. The molecule has 7 rings (SSSR count). The standard InChI is InChI=1S/C36H26/c1-3-11-25(12-4-1)23-33-31-21-19-28-16-8-10-18-30(28)36(31)34(24-26-13-5-2-6-14-26)32-22-20-27-15-7-9-17-29(27)35(32)33/h1-22H,23-24H2. The molecule has 0 heterocycles. The van der Waals surface area contributed by atoms with Gasteiger partial charge in [-0.25, -0.2) is 0 Å². The lowest BCUT2D eigenvalue weighted by Crippen LogP contribution is -2.00. The van der Waals surface area contributed by atoms with Crippen LogP contribution in [0.25, 0.3) is 43.1 Å². The minimum atomic E-state index is 0.909. The monoisotopic (exact) mass is 458 g/mol. The third kappa shape index (κ3) is 3.46. The second-order valence-electron chi connectivity index (χ2n) is 9.70. The second kappa shape index (κ2) is 8.66. The molecule has 0 unspecified atom stereocenters. The summed E-state index contributed by atoms with van der Waals surface area (Å²) < 4.78 is 0. The summed E-state index contributed by atoms with van der Waals surface area (Å²) in [7, 11) is 0. The molecule has 0 saturated heterocycles. The average Bonchev–Trinajstić information content (AvgIpc) is 2.95. The van der Waals surface area contributed by atoms with Crippen LogP contribution in [0.15, 0.2) is 133 Å². The zero-order chi connectivity index (χ0) is 23.9. The van der Waals surface area contributed by atoms with Gasteiger partial charge >= 0.3 is 0 Å². The first-order valence-electron chi connectivity index (χ1n) is 12.7. The molecule has 0 heteroatoms. The zero-order valence-corrected chi connectivity index (χ0v) is 20.1. The van der Waals surface area contributed by atoms with E-state index < -0.39 is 0 Å². The third-order valence-electron chi connectivity index (χ3n) is 7.56. The Morgan fingerprint density at radius 3 is 1.14 bits per heavy atom. The first-order valence-corrected chi connectivity index (χ1v) is 12.7. The van der Waals surface area contributed by atoms with E-state index in [2.05, 4.69) is 133 Å². The van der Waals surface area contributed by atoms with Crippen molar-refractivity contribution >= 4 is 43.1 Å². The highest BCUT2D eigenvalue weighted by Crippen LogP contribution is 2.42. The highest BCUT2D eigenvalue weighted by molar-refractivity contribution is 6.22. The largest absolute Gasteiger partial charge is 0.0622 e. The summed E-state index contributed by atoms with van der Waals surface area (Å²) >= 11 is 0. The van der Waals surface area contributed by atoms with Crippen molar-refractivity contribution in [1.82, 2.24) is 0 Å². The zero-order valence-electron chi connectivity index (χ0n) is 20.1. The summed E-state index contributed by atoms with van der Waals surface area (Å²) in [5.41, 5.74) is 5.53. The predicted octanol–water partition coefficient (Wildman–Crippen LogP) is 9.48. The van der Waals surface area contributed by atoms with Crippen molar-refractivity contribution in [2.75, 3.05) is 0 Å². The van der Waals surface area contributed by atoms with E-state index in [1.807, 2.05) is 0 Å². The first-order chi connectivity index (χ1) is 17.9. The molecule has 0 aliphatic carbocycles. The fraction of sp³-hybridized carbons (Fsp3) is 0.0556. The lowest BCUT2D eigenvalue weighted by molar-refractivity contribution is 1.21. The van der Waals surface area contributed by atoms with E-state index in [-0.39, 0.29) is 0 Å². The molecule has 36 heavy (non-hydrogen) atoms. The van der Waals surface area contributed by atoms with Crippen molar-refractivity contribution in [3.05, 3.63) is 156 Å². The van der Waals surface area contributed by atoms with Crippen LogP contribution in [-0.2, 0) is 12.8 Å². The van der Waals surface area contributed by atoms with Gasteiger partial charge in [0.15, 0.2) is 0 Å². The van der Waals surface area contributed by atoms with Crippen LogP contribution < -0.4 is 0 Å². The smallest absolute Gasteiger partial charge is 0.00132 e. The van der Waals surface area contributed by atoms with Gasteiger partial charge in [-0.3, -0.25) is 0 Å². The van der Waals surface area contributed by atoms with Crippen molar-refractivity contribution in [3.8, 4) is 0 Å². The number of rotatable bonds is 4. The Morgan fingerprint density at radius 2 is 0.694 bits per heavy atom. The fourth-order valence-electron chi connectivity index (χ4n) is 5.93. The van der Waals surface area contributed by atoms with E-state index in [1.54, 1.807) is 0 Å². The van der Waals surface area contributed by atoms with E-state index in [9.17, 15) is 0 Å². The maximum Gasteiger partial charge on any atom is -0.00132 e. The molecule has 0 amide bonds. The van der Waals surface area contributed by atoms with E-state index >= 15 is 0 Å². The summed E-state index contributed by atoms with van der Waals surface area (Å²) in [6.45, 7) is 0. The van der Waals surface area contributed by atoms with E-state index in [4.69, 9.17) is 0 Å². The molecule has 0 fully saturated rings. The molecular weight excluding hydrogens is 432 g/mol. The maximum absolute atomic E-state index is 2.37. The molecule has 7 aromatic rings. The van der Waals surface area contributed by atoms with E-state index in [0.717, 1.165) is 12.8 Å². The van der Waals surface area contributed by atoms with Crippen LogP contribution in [0.3, 0.4) is 0 Å². The highest BCUT2D eigenvalue weighted by Gasteiger charge is 2.18. The van der Waals surface area contributed by atoms with Gasteiger partial charge in [-0.15, -0.1) is 0 Å². The van der Waals surface area contributed by atoms with Gasteiger partial charge in [0.05, 0.1) is 0 Å². The summed E-state index contributed by atoms with van der Waals surface area (Å²) in [6, 6.07) is 48.9. The lowest BCUT2D eigenvalue weighted by Gasteiger charge is -2.20. The van der Waals surface area contributed by atoms with Gasteiger partial charge in [0.25, 0.3) is 0 Å². The van der Waals surface area contributed by atoms with Gasteiger partial charge in [-0.2, -0.15) is 0 Å². The van der Waals surface area contributed by atoms with Gasteiger partial charge in [-0.1, -0.05) is 133 Å². The summed E-state index contributed by atoms with van der Waals surface area (Å²) in [5, 5.41) is 10.8. The fourth-order valence-corrected chi connectivity index (χ4v) is 5.93. The van der Waals surface area contributed by atoms with Crippen molar-refractivity contribution in [1.29, 1.82) is 0 Å². The highest BCUT2D eigenvalue weighted by atomic mass is 14.2. The molecule has 0 aromatic heterocycles. The Balaban J connectivity index is 1.68. The molecular formula is C36H26. The van der Waals surface area contributed by atoms with Crippen LogP contribution in [-0.4, -0.2) is 0 Å². The second-order valence-corrected chi connectivity index (χ2v) is 9.70. The minimum Gasteiger partial charge on any atom is -0.0622 e. The molecule has 0 N–H and O–H groups in total. The molecule has 0 radical (unpaired) electrons.